The second-order valence-corrected chi connectivity index (χ2v) is 6.67. The van der Waals surface area contributed by atoms with Crippen LogP contribution in [-0.4, -0.2) is 33.1 Å². The molecule has 0 spiro atoms. The molecule has 7 heteroatoms. The lowest BCUT2D eigenvalue weighted by Crippen LogP contribution is -2.25. The maximum Gasteiger partial charge on any atom is 0.356 e. The molecular formula is C22H18N2O5. The van der Waals surface area contributed by atoms with Crippen LogP contribution in [0.4, 0.5) is 0 Å². The molecule has 0 aliphatic carbocycles. The number of carbonyl (C=O) groups is 2. The molecule has 0 unspecified atom stereocenters. The number of methoxy groups -OCH3 is 1. The molecule has 146 valence electrons. The van der Waals surface area contributed by atoms with Crippen molar-refractivity contribution < 1.29 is 19.4 Å². The third kappa shape index (κ3) is 2.79. The summed E-state index contributed by atoms with van der Waals surface area (Å²) in [5.41, 5.74) is 0.924. The van der Waals surface area contributed by atoms with E-state index in [1.165, 1.54) is 16.2 Å². The van der Waals surface area contributed by atoms with E-state index in [4.69, 9.17) is 4.74 Å². The number of ether oxygens (including phenoxy) is 1. The number of hydrogen-bond donors (Lipinski definition) is 1. The Hall–Kier alpha value is -3.87. The highest BCUT2D eigenvalue weighted by atomic mass is 16.5. The first-order chi connectivity index (χ1) is 14.0. The number of rotatable bonds is 5. The summed E-state index contributed by atoms with van der Waals surface area (Å²) in [5.74, 6) is -1.42. The summed E-state index contributed by atoms with van der Waals surface area (Å²) in [6.07, 6.45) is 0. The van der Waals surface area contributed by atoms with Crippen molar-refractivity contribution >= 4 is 33.6 Å². The Morgan fingerprint density at radius 2 is 1.69 bits per heavy atom. The number of carboxylic acid groups (broad SMARTS) is 1. The van der Waals surface area contributed by atoms with Gasteiger partial charge in [0.25, 0.3) is 5.56 Å². The maximum absolute atomic E-state index is 13.4. The lowest BCUT2D eigenvalue weighted by molar-refractivity contribution is 0.0683. The average molecular weight is 390 g/mol. The lowest BCUT2D eigenvalue weighted by atomic mass is 10.1. The number of ketones is 1. The number of nitrogens with zero attached hydrogens (tertiary/aromatic N) is 2. The van der Waals surface area contributed by atoms with Gasteiger partial charge in [0.05, 0.1) is 24.7 Å². The topological polar surface area (TPSA) is 90.5 Å². The molecular weight excluding hydrogens is 372 g/mol. The molecule has 0 aliphatic heterocycles. The third-order valence-corrected chi connectivity index (χ3v) is 5.06. The summed E-state index contributed by atoms with van der Waals surface area (Å²) in [6, 6.07) is 15.8. The van der Waals surface area contributed by atoms with Crippen LogP contribution < -0.4 is 10.3 Å². The lowest BCUT2D eigenvalue weighted by Gasteiger charge is -2.12. The Kier molecular flexibility index (Phi) is 4.43. The molecule has 0 fully saturated rings. The first-order valence-corrected chi connectivity index (χ1v) is 8.95. The largest absolute Gasteiger partial charge is 0.493 e. The normalized spacial score (nSPS) is 11.1. The number of pyridine rings is 1. The van der Waals surface area contributed by atoms with Crippen molar-refractivity contribution in [2.45, 2.75) is 6.54 Å². The molecule has 2 heterocycles. The SMILES string of the molecule is COc1c(C(=O)O)n(C)c2c1c(=O)n(CC(=O)c1ccccc1)c1ccccc21. The zero-order valence-electron chi connectivity index (χ0n) is 15.9. The minimum Gasteiger partial charge on any atom is -0.493 e. The molecule has 0 bridgehead atoms. The van der Waals surface area contributed by atoms with E-state index in [1.807, 2.05) is 6.07 Å². The summed E-state index contributed by atoms with van der Waals surface area (Å²) < 4.78 is 8.14. The van der Waals surface area contributed by atoms with Crippen LogP contribution >= 0.6 is 0 Å². The number of hydrogen-bond acceptors (Lipinski definition) is 4. The number of aryl methyl sites for hydroxylation is 1. The van der Waals surface area contributed by atoms with Gasteiger partial charge < -0.3 is 14.4 Å². The number of Topliss-reactive ketones (excluding diaryl/α,β-unsaturated/α-hetero) is 1. The fourth-order valence-corrected chi connectivity index (χ4v) is 3.78. The van der Waals surface area contributed by atoms with Gasteiger partial charge in [-0.05, 0) is 6.07 Å². The van der Waals surface area contributed by atoms with E-state index in [0.29, 0.717) is 22.0 Å². The van der Waals surface area contributed by atoms with Gasteiger partial charge in [0.2, 0.25) is 0 Å². The van der Waals surface area contributed by atoms with Crippen molar-refractivity contribution in [3.05, 3.63) is 76.2 Å². The van der Waals surface area contributed by atoms with Crippen LogP contribution in [0.1, 0.15) is 20.8 Å². The molecule has 4 aromatic rings. The van der Waals surface area contributed by atoms with Crippen molar-refractivity contribution in [3.63, 3.8) is 0 Å². The highest BCUT2D eigenvalue weighted by Gasteiger charge is 2.27. The van der Waals surface area contributed by atoms with Crippen molar-refractivity contribution in [3.8, 4) is 5.75 Å². The van der Waals surface area contributed by atoms with Gasteiger partial charge in [-0.1, -0.05) is 48.5 Å². The molecule has 2 aromatic carbocycles. The Labute approximate surface area is 165 Å². The van der Waals surface area contributed by atoms with E-state index in [1.54, 1.807) is 55.6 Å². The quantitative estimate of drug-likeness (QED) is 0.529. The standard InChI is InChI=1S/C22H18N2O5/c1-23-18-14-10-6-7-11-15(14)24(12-16(25)13-8-4-3-5-9-13)21(26)17(18)20(29-2)19(23)22(27)28/h3-11H,12H2,1-2H3,(H,27,28). The first-order valence-electron chi connectivity index (χ1n) is 8.95. The van der Waals surface area contributed by atoms with Crippen LogP contribution in [0.5, 0.6) is 5.75 Å². The van der Waals surface area contributed by atoms with Gasteiger partial charge in [0, 0.05) is 18.0 Å². The Morgan fingerprint density at radius 3 is 2.34 bits per heavy atom. The molecule has 2 aromatic heterocycles. The van der Waals surface area contributed by atoms with Crippen LogP contribution in [0, 0.1) is 0 Å². The number of fused-ring (bicyclic) bond motifs is 3. The van der Waals surface area contributed by atoms with Gasteiger partial charge in [-0.25, -0.2) is 4.79 Å². The first kappa shape index (κ1) is 18.5. The van der Waals surface area contributed by atoms with E-state index in [9.17, 15) is 19.5 Å². The summed E-state index contributed by atoms with van der Waals surface area (Å²) >= 11 is 0. The Balaban J connectivity index is 2.07. The van der Waals surface area contributed by atoms with Gasteiger partial charge in [0.1, 0.15) is 5.39 Å². The zero-order valence-corrected chi connectivity index (χ0v) is 15.9. The van der Waals surface area contributed by atoms with Crippen LogP contribution in [0.25, 0.3) is 21.8 Å². The second-order valence-electron chi connectivity index (χ2n) is 6.67. The molecule has 29 heavy (non-hydrogen) atoms. The zero-order chi connectivity index (χ0) is 20.7. The van der Waals surface area contributed by atoms with E-state index in [0.717, 1.165) is 0 Å². The van der Waals surface area contributed by atoms with Crippen LogP contribution in [0.3, 0.4) is 0 Å². The van der Waals surface area contributed by atoms with Crippen molar-refractivity contribution in [1.29, 1.82) is 0 Å². The smallest absolute Gasteiger partial charge is 0.356 e. The number of benzene rings is 2. The van der Waals surface area contributed by atoms with E-state index in [2.05, 4.69) is 0 Å². The van der Waals surface area contributed by atoms with Crippen molar-refractivity contribution in [2.75, 3.05) is 7.11 Å². The molecule has 0 atom stereocenters. The highest BCUT2D eigenvalue weighted by molar-refractivity contribution is 6.11. The van der Waals surface area contributed by atoms with Gasteiger partial charge in [-0.15, -0.1) is 0 Å². The Bertz CT molecular complexity index is 1330. The highest BCUT2D eigenvalue weighted by Crippen LogP contribution is 2.34. The average Bonchev–Trinajstić information content (AvgIpc) is 3.04. The van der Waals surface area contributed by atoms with Gasteiger partial charge in [-0.2, -0.15) is 0 Å². The Morgan fingerprint density at radius 1 is 1.03 bits per heavy atom. The molecule has 0 saturated heterocycles. The number of aromatic nitrogens is 2. The van der Waals surface area contributed by atoms with Crippen LogP contribution in [0.15, 0.2) is 59.4 Å². The summed E-state index contributed by atoms with van der Waals surface area (Å²) in [5, 5.41) is 10.4. The van der Waals surface area contributed by atoms with E-state index >= 15 is 0 Å². The van der Waals surface area contributed by atoms with E-state index < -0.39 is 11.5 Å². The molecule has 0 radical (unpaired) electrons. The van der Waals surface area contributed by atoms with Crippen molar-refractivity contribution in [1.82, 2.24) is 9.13 Å². The van der Waals surface area contributed by atoms with Crippen LogP contribution in [0.2, 0.25) is 0 Å². The minimum absolute atomic E-state index is 0.00772. The van der Waals surface area contributed by atoms with Crippen molar-refractivity contribution in [2.24, 2.45) is 7.05 Å². The second kappa shape index (κ2) is 6.94. The number of para-hydroxylation sites is 1. The van der Waals surface area contributed by atoms with Gasteiger partial charge in [0.15, 0.2) is 17.2 Å². The van der Waals surface area contributed by atoms with E-state index in [-0.39, 0.29) is 29.2 Å². The van der Waals surface area contributed by atoms with Crippen LogP contribution in [-0.2, 0) is 13.6 Å². The summed E-state index contributed by atoms with van der Waals surface area (Å²) in [7, 11) is 2.91. The molecule has 7 nitrogen and oxygen atoms in total. The fraction of sp³-hybridized carbons (Fsp3) is 0.136. The number of carbonyl (C=O) groups excluding carboxylic acids is 1. The van der Waals surface area contributed by atoms with Gasteiger partial charge in [-0.3, -0.25) is 14.2 Å². The molecule has 1 N–H and O–H groups in total. The molecule has 0 aliphatic rings. The maximum atomic E-state index is 13.4. The molecule has 0 amide bonds. The molecule has 4 rings (SSSR count). The monoisotopic (exact) mass is 390 g/mol. The molecule has 0 saturated carbocycles. The third-order valence-electron chi connectivity index (χ3n) is 5.06. The minimum atomic E-state index is -1.20. The fourth-order valence-electron chi connectivity index (χ4n) is 3.78. The predicted molar refractivity (Wildman–Crippen MR) is 109 cm³/mol. The summed E-state index contributed by atoms with van der Waals surface area (Å²) in [6.45, 7) is -0.167. The number of aromatic carboxylic acids is 1. The van der Waals surface area contributed by atoms with Gasteiger partial charge >= 0.3 is 5.97 Å². The number of carboxylic acids is 1. The summed E-state index contributed by atoms with van der Waals surface area (Å²) in [4.78, 5) is 38.0. The predicted octanol–water partition coefficient (Wildman–Crippen LogP) is 3.08.